The second-order valence-electron chi connectivity index (χ2n) is 6.06. The number of esters is 1. The number of rotatable bonds is 4. The molecule has 0 N–H and O–H groups in total. The molecule has 24 heavy (non-hydrogen) atoms. The predicted molar refractivity (Wildman–Crippen MR) is 89.7 cm³/mol. The van der Waals surface area contributed by atoms with Gasteiger partial charge in [0.05, 0.1) is 12.5 Å². The van der Waals surface area contributed by atoms with E-state index in [2.05, 4.69) is 0 Å². The fourth-order valence-corrected chi connectivity index (χ4v) is 3.31. The zero-order valence-electron chi connectivity index (χ0n) is 13.1. The molecule has 0 saturated carbocycles. The highest BCUT2D eigenvalue weighted by molar-refractivity contribution is 6.02. The highest BCUT2D eigenvalue weighted by atomic mass is 16.5. The topological polar surface area (TPSA) is 46.6 Å². The van der Waals surface area contributed by atoms with Gasteiger partial charge in [-0.05, 0) is 16.7 Å². The minimum Gasteiger partial charge on any atom is -0.459 e. The number of ether oxygens (including phenoxy) is 1. The Morgan fingerprint density at radius 3 is 2.38 bits per heavy atom. The summed E-state index contributed by atoms with van der Waals surface area (Å²) in [6.45, 7) is 0.213. The average Bonchev–Trinajstić information content (AvgIpc) is 2.94. The Labute approximate surface area is 140 Å². The van der Waals surface area contributed by atoms with Gasteiger partial charge in [0.2, 0.25) is 5.91 Å². The quantitative estimate of drug-likeness (QED) is 0.643. The maximum absolute atomic E-state index is 12.7. The summed E-state index contributed by atoms with van der Waals surface area (Å²) in [5.74, 6) is -0.367. The molecule has 0 aromatic heterocycles. The lowest BCUT2D eigenvalue weighted by molar-refractivity contribution is -0.159. The molecule has 0 unspecified atom stereocenters. The second-order valence-corrected chi connectivity index (χ2v) is 6.06. The Hall–Kier alpha value is -2.88. The maximum atomic E-state index is 12.7. The highest BCUT2D eigenvalue weighted by Crippen LogP contribution is 2.39. The van der Waals surface area contributed by atoms with Gasteiger partial charge >= 0.3 is 5.97 Å². The summed E-state index contributed by atoms with van der Waals surface area (Å²) in [5.41, 5.74) is 2.76. The molecular formula is C20H17NO3. The van der Waals surface area contributed by atoms with Crippen LogP contribution in [0, 0.1) is 0 Å². The molecule has 4 heteroatoms. The van der Waals surface area contributed by atoms with Gasteiger partial charge < -0.3 is 9.64 Å². The lowest BCUT2D eigenvalue weighted by atomic mass is 10.00. The van der Waals surface area contributed by atoms with Gasteiger partial charge in [0.1, 0.15) is 6.61 Å². The van der Waals surface area contributed by atoms with Crippen LogP contribution in [0.5, 0.6) is 0 Å². The van der Waals surface area contributed by atoms with Crippen molar-refractivity contribution in [3.63, 3.8) is 0 Å². The van der Waals surface area contributed by atoms with E-state index in [-0.39, 0.29) is 24.5 Å². The normalized spacial score (nSPS) is 21.8. The summed E-state index contributed by atoms with van der Waals surface area (Å²) in [6.07, 6.45) is 2.49. The molecule has 0 radical (unpaired) electrons. The van der Waals surface area contributed by atoms with Gasteiger partial charge in [-0.1, -0.05) is 66.7 Å². The third-order valence-corrected chi connectivity index (χ3v) is 4.53. The van der Waals surface area contributed by atoms with Crippen LogP contribution in [0.1, 0.15) is 17.5 Å². The number of nitrogens with zero attached hydrogens (tertiary/aromatic N) is 1. The Morgan fingerprint density at radius 2 is 1.71 bits per heavy atom. The summed E-state index contributed by atoms with van der Waals surface area (Å²) in [4.78, 5) is 26.3. The molecule has 1 amide bonds. The first kappa shape index (κ1) is 14.7. The van der Waals surface area contributed by atoms with Gasteiger partial charge in [0.25, 0.3) is 0 Å². The van der Waals surface area contributed by atoms with E-state index in [0.29, 0.717) is 6.42 Å². The fraction of sp³-hybridized carbons (Fsp3) is 0.200. The first-order valence-corrected chi connectivity index (χ1v) is 8.03. The van der Waals surface area contributed by atoms with Crippen molar-refractivity contribution in [1.82, 2.24) is 4.90 Å². The Morgan fingerprint density at radius 1 is 1.04 bits per heavy atom. The van der Waals surface area contributed by atoms with Crippen LogP contribution in [0.15, 0.2) is 66.7 Å². The Balaban J connectivity index is 1.55. The van der Waals surface area contributed by atoms with Gasteiger partial charge in [0.15, 0.2) is 6.04 Å². The Kier molecular flexibility index (Phi) is 3.65. The first-order chi connectivity index (χ1) is 11.7. The third kappa shape index (κ3) is 2.50. The largest absolute Gasteiger partial charge is 0.459 e. The number of benzene rings is 2. The van der Waals surface area contributed by atoms with Crippen molar-refractivity contribution in [2.75, 3.05) is 0 Å². The number of fused-ring (bicyclic) bond motifs is 1. The summed E-state index contributed by atoms with van der Waals surface area (Å²) in [6, 6.07) is 18.6. The van der Waals surface area contributed by atoms with Crippen molar-refractivity contribution < 1.29 is 14.3 Å². The van der Waals surface area contributed by atoms with E-state index in [0.717, 1.165) is 16.7 Å². The lowest BCUT2D eigenvalue weighted by Gasteiger charge is -2.38. The summed E-state index contributed by atoms with van der Waals surface area (Å²) in [5, 5.41) is 0. The van der Waals surface area contributed by atoms with Crippen molar-refractivity contribution in [2.24, 2.45) is 0 Å². The van der Waals surface area contributed by atoms with Crippen LogP contribution in [-0.4, -0.2) is 28.9 Å². The molecule has 1 fully saturated rings. The molecule has 2 aliphatic heterocycles. The van der Waals surface area contributed by atoms with E-state index in [9.17, 15) is 9.59 Å². The van der Waals surface area contributed by atoms with Crippen molar-refractivity contribution in [3.8, 4) is 0 Å². The van der Waals surface area contributed by atoms with Crippen LogP contribution < -0.4 is 0 Å². The molecule has 4 rings (SSSR count). The Bertz CT molecular complexity index is 798. The number of hydrogen-bond acceptors (Lipinski definition) is 3. The molecule has 2 aliphatic rings. The standard InChI is InChI=1S/C20H17NO3/c22-18-12-16-11-17(15-9-5-2-6-10-15)19(21(16)18)20(23)24-13-14-7-3-1-4-8-14/h1-11,16,19H,12-13H2/t16-,19+/m1/s1. The van der Waals surface area contributed by atoms with E-state index in [4.69, 9.17) is 4.74 Å². The van der Waals surface area contributed by atoms with Gasteiger partial charge in [0, 0.05) is 0 Å². The first-order valence-electron chi connectivity index (χ1n) is 8.03. The van der Waals surface area contributed by atoms with Crippen molar-refractivity contribution >= 4 is 17.4 Å². The number of β-lactam (4-membered cyclic amide) rings is 1. The second kappa shape index (κ2) is 5.96. The molecule has 0 spiro atoms. The fourth-order valence-electron chi connectivity index (χ4n) is 3.31. The summed E-state index contributed by atoms with van der Waals surface area (Å²) < 4.78 is 5.49. The molecule has 120 valence electrons. The minimum absolute atomic E-state index is 0.00356. The number of hydrogen-bond donors (Lipinski definition) is 0. The van der Waals surface area contributed by atoms with Crippen LogP contribution in [0.25, 0.3) is 5.57 Å². The van der Waals surface area contributed by atoms with Crippen LogP contribution in [0.3, 0.4) is 0 Å². The van der Waals surface area contributed by atoms with E-state index >= 15 is 0 Å². The van der Waals surface area contributed by atoms with Gasteiger partial charge in [-0.3, -0.25) is 4.79 Å². The monoisotopic (exact) mass is 319 g/mol. The molecule has 4 nitrogen and oxygen atoms in total. The molecule has 2 aromatic rings. The van der Waals surface area contributed by atoms with E-state index < -0.39 is 6.04 Å². The third-order valence-electron chi connectivity index (χ3n) is 4.53. The van der Waals surface area contributed by atoms with E-state index in [1.54, 1.807) is 4.90 Å². The molecule has 1 saturated heterocycles. The number of amides is 1. The number of carbonyl (C=O) groups excluding carboxylic acids is 2. The molecule has 0 bridgehead atoms. The summed E-state index contributed by atoms with van der Waals surface area (Å²) in [7, 11) is 0. The lowest BCUT2D eigenvalue weighted by Crippen LogP contribution is -2.55. The van der Waals surface area contributed by atoms with Crippen LogP contribution in [-0.2, 0) is 20.9 Å². The highest BCUT2D eigenvalue weighted by Gasteiger charge is 2.50. The van der Waals surface area contributed by atoms with E-state index in [1.165, 1.54) is 0 Å². The van der Waals surface area contributed by atoms with Crippen LogP contribution >= 0.6 is 0 Å². The van der Waals surface area contributed by atoms with Crippen LogP contribution in [0.4, 0.5) is 0 Å². The predicted octanol–water partition coefficient (Wildman–Crippen LogP) is 2.80. The van der Waals surface area contributed by atoms with Crippen molar-refractivity contribution in [3.05, 3.63) is 77.9 Å². The van der Waals surface area contributed by atoms with Gasteiger partial charge in [-0.25, -0.2) is 4.79 Å². The maximum Gasteiger partial charge on any atom is 0.333 e. The summed E-state index contributed by atoms with van der Waals surface area (Å²) >= 11 is 0. The van der Waals surface area contributed by atoms with Crippen LogP contribution in [0.2, 0.25) is 0 Å². The molecule has 0 aliphatic carbocycles. The average molecular weight is 319 g/mol. The number of carbonyl (C=O) groups is 2. The van der Waals surface area contributed by atoms with Gasteiger partial charge in [-0.2, -0.15) is 0 Å². The molecule has 2 aromatic carbocycles. The van der Waals surface area contributed by atoms with Crippen molar-refractivity contribution in [1.29, 1.82) is 0 Å². The van der Waals surface area contributed by atoms with Crippen molar-refractivity contribution in [2.45, 2.75) is 25.1 Å². The zero-order valence-corrected chi connectivity index (χ0v) is 13.1. The SMILES string of the molecule is O=C(OCc1ccccc1)[C@@H]1C(c2ccccc2)=C[C@@H]2CC(=O)N12. The zero-order chi connectivity index (χ0) is 16.5. The smallest absolute Gasteiger partial charge is 0.333 e. The molecule has 2 atom stereocenters. The van der Waals surface area contributed by atoms with Gasteiger partial charge in [-0.15, -0.1) is 0 Å². The minimum atomic E-state index is -0.637. The molecular weight excluding hydrogens is 302 g/mol. The molecule has 2 heterocycles. The van der Waals surface area contributed by atoms with E-state index in [1.807, 2.05) is 66.7 Å².